The van der Waals surface area contributed by atoms with E-state index in [1.807, 2.05) is 13.0 Å². The van der Waals surface area contributed by atoms with Crippen molar-refractivity contribution in [3.05, 3.63) is 35.1 Å². The Balaban J connectivity index is 2.64. The first-order chi connectivity index (χ1) is 7.69. The van der Waals surface area contributed by atoms with E-state index in [1.54, 1.807) is 19.2 Å². The van der Waals surface area contributed by atoms with Crippen LogP contribution in [0.4, 0.5) is 4.39 Å². The molecule has 1 unspecified atom stereocenters. The molecule has 0 heterocycles. The van der Waals surface area contributed by atoms with Gasteiger partial charge >= 0.3 is 0 Å². The smallest absolute Gasteiger partial charge is 0.145 e. The Morgan fingerprint density at radius 1 is 1.56 bits per heavy atom. The van der Waals surface area contributed by atoms with Gasteiger partial charge in [0, 0.05) is 25.3 Å². The second-order valence-electron chi connectivity index (χ2n) is 3.63. The Hall–Kier alpha value is -1.44. The van der Waals surface area contributed by atoms with Crippen LogP contribution in [-0.4, -0.2) is 19.8 Å². The Bertz CT molecular complexity index is 387. The van der Waals surface area contributed by atoms with E-state index >= 15 is 0 Å². The molecule has 0 saturated heterocycles. The number of rotatable bonds is 5. The SMILES string of the molecule is COCC(C)NCc1cccc(C#N)c1F. The summed E-state index contributed by atoms with van der Waals surface area (Å²) >= 11 is 0. The van der Waals surface area contributed by atoms with Crippen molar-refractivity contribution in [1.29, 1.82) is 5.26 Å². The Kier molecular flexibility index (Phi) is 4.90. The first-order valence-electron chi connectivity index (χ1n) is 5.08. The van der Waals surface area contributed by atoms with Crippen molar-refractivity contribution >= 4 is 0 Å². The van der Waals surface area contributed by atoms with E-state index in [2.05, 4.69) is 5.32 Å². The maximum atomic E-state index is 13.6. The molecule has 16 heavy (non-hydrogen) atoms. The Morgan fingerprint density at radius 2 is 2.31 bits per heavy atom. The molecule has 0 spiro atoms. The predicted molar refractivity (Wildman–Crippen MR) is 59.3 cm³/mol. The zero-order valence-electron chi connectivity index (χ0n) is 9.46. The van der Waals surface area contributed by atoms with Crippen LogP contribution < -0.4 is 5.32 Å². The average molecular weight is 222 g/mol. The molecule has 0 amide bonds. The second kappa shape index (κ2) is 6.21. The molecule has 0 fully saturated rings. The highest BCUT2D eigenvalue weighted by Crippen LogP contribution is 2.11. The fourth-order valence-corrected chi connectivity index (χ4v) is 1.40. The van der Waals surface area contributed by atoms with E-state index in [4.69, 9.17) is 10.00 Å². The first-order valence-corrected chi connectivity index (χ1v) is 5.08. The molecule has 0 bridgehead atoms. The van der Waals surface area contributed by atoms with Gasteiger partial charge in [-0.25, -0.2) is 4.39 Å². The number of methoxy groups -OCH3 is 1. The molecule has 1 aromatic carbocycles. The maximum absolute atomic E-state index is 13.6. The van der Waals surface area contributed by atoms with Crippen LogP contribution in [0.2, 0.25) is 0 Å². The molecular formula is C12H15FN2O. The van der Waals surface area contributed by atoms with Crippen molar-refractivity contribution in [2.45, 2.75) is 19.5 Å². The summed E-state index contributed by atoms with van der Waals surface area (Å²) in [5.74, 6) is -0.442. The number of benzene rings is 1. The third-order valence-corrected chi connectivity index (χ3v) is 2.26. The van der Waals surface area contributed by atoms with Crippen molar-refractivity contribution in [3.63, 3.8) is 0 Å². The lowest BCUT2D eigenvalue weighted by atomic mass is 10.1. The van der Waals surface area contributed by atoms with E-state index in [1.165, 1.54) is 6.07 Å². The monoisotopic (exact) mass is 222 g/mol. The van der Waals surface area contributed by atoms with Gasteiger partial charge in [0.1, 0.15) is 11.9 Å². The van der Waals surface area contributed by atoms with Crippen LogP contribution in [0.25, 0.3) is 0 Å². The molecule has 0 aliphatic heterocycles. The van der Waals surface area contributed by atoms with Gasteiger partial charge in [-0.3, -0.25) is 0 Å². The summed E-state index contributed by atoms with van der Waals surface area (Å²) < 4.78 is 18.6. The lowest BCUT2D eigenvalue weighted by Crippen LogP contribution is -2.29. The van der Waals surface area contributed by atoms with Gasteiger partial charge in [-0.2, -0.15) is 5.26 Å². The number of ether oxygens (including phenoxy) is 1. The molecule has 0 saturated carbocycles. The van der Waals surface area contributed by atoms with Crippen LogP contribution in [-0.2, 0) is 11.3 Å². The Morgan fingerprint density at radius 3 is 2.94 bits per heavy atom. The van der Waals surface area contributed by atoms with E-state index in [9.17, 15) is 4.39 Å². The molecule has 0 aliphatic rings. The highest BCUT2D eigenvalue weighted by molar-refractivity contribution is 5.34. The van der Waals surface area contributed by atoms with Crippen LogP contribution >= 0.6 is 0 Å². The van der Waals surface area contributed by atoms with Crippen molar-refractivity contribution in [3.8, 4) is 6.07 Å². The van der Waals surface area contributed by atoms with Gasteiger partial charge < -0.3 is 10.1 Å². The average Bonchev–Trinajstić information content (AvgIpc) is 2.28. The fraction of sp³-hybridized carbons (Fsp3) is 0.417. The topological polar surface area (TPSA) is 45.0 Å². The lowest BCUT2D eigenvalue weighted by Gasteiger charge is -2.13. The van der Waals surface area contributed by atoms with E-state index < -0.39 is 5.82 Å². The number of hydrogen-bond donors (Lipinski definition) is 1. The van der Waals surface area contributed by atoms with Gasteiger partial charge in [-0.15, -0.1) is 0 Å². The maximum Gasteiger partial charge on any atom is 0.145 e. The summed E-state index contributed by atoms with van der Waals surface area (Å²) in [6, 6.07) is 6.79. The fourth-order valence-electron chi connectivity index (χ4n) is 1.40. The summed E-state index contributed by atoms with van der Waals surface area (Å²) in [5.41, 5.74) is 0.584. The molecule has 3 nitrogen and oxygen atoms in total. The zero-order valence-corrected chi connectivity index (χ0v) is 9.46. The minimum Gasteiger partial charge on any atom is -0.383 e. The van der Waals surface area contributed by atoms with Gasteiger partial charge in [0.25, 0.3) is 0 Å². The van der Waals surface area contributed by atoms with Crippen LogP contribution in [0.1, 0.15) is 18.1 Å². The lowest BCUT2D eigenvalue weighted by molar-refractivity contribution is 0.171. The standard InChI is InChI=1S/C12H15FN2O/c1-9(8-16-2)15-7-11-5-3-4-10(6-14)12(11)13/h3-5,9,15H,7-8H2,1-2H3. The predicted octanol–water partition coefficient (Wildman–Crippen LogP) is 1.82. The van der Waals surface area contributed by atoms with E-state index in [0.29, 0.717) is 18.7 Å². The summed E-state index contributed by atoms with van der Waals surface area (Å²) in [6.45, 7) is 2.92. The summed E-state index contributed by atoms with van der Waals surface area (Å²) in [6.07, 6.45) is 0. The molecule has 1 rings (SSSR count). The third kappa shape index (κ3) is 3.30. The summed E-state index contributed by atoms with van der Waals surface area (Å²) in [5, 5.41) is 11.8. The van der Waals surface area contributed by atoms with Gasteiger partial charge in [0.05, 0.1) is 12.2 Å². The number of nitrogens with one attached hydrogen (secondary N) is 1. The minimum absolute atomic E-state index is 0.0821. The summed E-state index contributed by atoms with van der Waals surface area (Å²) in [7, 11) is 1.62. The van der Waals surface area contributed by atoms with Gasteiger partial charge in [0.15, 0.2) is 0 Å². The number of hydrogen-bond acceptors (Lipinski definition) is 3. The van der Waals surface area contributed by atoms with Gasteiger partial charge in [0.2, 0.25) is 0 Å². The third-order valence-electron chi connectivity index (χ3n) is 2.26. The number of halogens is 1. The first kappa shape index (κ1) is 12.6. The van der Waals surface area contributed by atoms with Crippen LogP contribution in [0, 0.1) is 17.1 Å². The van der Waals surface area contributed by atoms with Crippen molar-refractivity contribution in [2.75, 3.05) is 13.7 Å². The quantitative estimate of drug-likeness (QED) is 0.826. The number of nitriles is 1. The van der Waals surface area contributed by atoms with Crippen molar-refractivity contribution in [1.82, 2.24) is 5.32 Å². The van der Waals surface area contributed by atoms with Crippen molar-refractivity contribution < 1.29 is 9.13 Å². The van der Waals surface area contributed by atoms with Crippen LogP contribution in [0.15, 0.2) is 18.2 Å². The summed E-state index contributed by atoms with van der Waals surface area (Å²) in [4.78, 5) is 0. The molecule has 0 aromatic heterocycles. The highest BCUT2D eigenvalue weighted by Gasteiger charge is 2.08. The second-order valence-corrected chi connectivity index (χ2v) is 3.63. The molecule has 0 aliphatic carbocycles. The van der Waals surface area contributed by atoms with E-state index in [0.717, 1.165) is 0 Å². The molecule has 1 N–H and O–H groups in total. The molecule has 86 valence electrons. The highest BCUT2D eigenvalue weighted by atomic mass is 19.1. The molecule has 4 heteroatoms. The largest absolute Gasteiger partial charge is 0.383 e. The number of nitrogens with zero attached hydrogens (tertiary/aromatic N) is 1. The van der Waals surface area contributed by atoms with Gasteiger partial charge in [-0.1, -0.05) is 12.1 Å². The van der Waals surface area contributed by atoms with E-state index in [-0.39, 0.29) is 11.6 Å². The van der Waals surface area contributed by atoms with Gasteiger partial charge in [-0.05, 0) is 13.0 Å². The normalized spacial score (nSPS) is 12.1. The molecular weight excluding hydrogens is 207 g/mol. The Labute approximate surface area is 94.8 Å². The molecule has 1 aromatic rings. The minimum atomic E-state index is -0.442. The van der Waals surface area contributed by atoms with Crippen LogP contribution in [0.5, 0.6) is 0 Å². The molecule has 0 radical (unpaired) electrons. The van der Waals surface area contributed by atoms with Crippen molar-refractivity contribution in [2.24, 2.45) is 0 Å². The van der Waals surface area contributed by atoms with Crippen LogP contribution in [0.3, 0.4) is 0 Å². The zero-order chi connectivity index (χ0) is 12.0. The molecule has 1 atom stereocenters.